The summed E-state index contributed by atoms with van der Waals surface area (Å²) in [6, 6.07) is 5.43. The van der Waals surface area contributed by atoms with Gasteiger partial charge in [-0.05, 0) is 30.7 Å². The van der Waals surface area contributed by atoms with Gasteiger partial charge in [0.15, 0.2) is 0 Å². The van der Waals surface area contributed by atoms with Crippen LogP contribution in [0.3, 0.4) is 0 Å². The van der Waals surface area contributed by atoms with E-state index in [1.807, 2.05) is 24.1 Å². The second kappa shape index (κ2) is 7.36. The fourth-order valence-electron chi connectivity index (χ4n) is 1.66. The van der Waals surface area contributed by atoms with Gasteiger partial charge in [0.25, 0.3) is 0 Å². The topological polar surface area (TPSA) is 58.4 Å². The molecular formula is C14H22ClN3O. The molecule has 0 bridgehead atoms. The van der Waals surface area contributed by atoms with Gasteiger partial charge in [-0.2, -0.15) is 0 Å². The predicted octanol–water partition coefficient (Wildman–Crippen LogP) is 2.13. The van der Waals surface area contributed by atoms with Crippen LogP contribution in [0, 0.1) is 5.92 Å². The Morgan fingerprint density at radius 2 is 2.16 bits per heavy atom. The lowest BCUT2D eigenvalue weighted by molar-refractivity contribution is -0.122. The monoisotopic (exact) mass is 283 g/mol. The molecule has 0 heterocycles. The first kappa shape index (κ1) is 15.8. The number of nitrogen functional groups attached to an aromatic ring is 1. The highest BCUT2D eigenvalue weighted by Crippen LogP contribution is 2.20. The highest BCUT2D eigenvalue weighted by Gasteiger charge is 2.09. The largest absolute Gasteiger partial charge is 0.399 e. The summed E-state index contributed by atoms with van der Waals surface area (Å²) in [5, 5.41) is 3.52. The Balaban J connectivity index is 2.46. The predicted molar refractivity (Wildman–Crippen MR) is 80.0 cm³/mol. The number of nitrogens with zero attached hydrogens (tertiary/aromatic N) is 1. The molecule has 0 spiro atoms. The Morgan fingerprint density at radius 3 is 2.74 bits per heavy atom. The Morgan fingerprint density at radius 1 is 1.47 bits per heavy atom. The highest BCUT2D eigenvalue weighted by atomic mass is 35.5. The molecule has 0 aromatic heterocycles. The molecule has 0 unspecified atom stereocenters. The molecule has 19 heavy (non-hydrogen) atoms. The van der Waals surface area contributed by atoms with Crippen LogP contribution >= 0.6 is 11.6 Å². The lowest BCUT2D eigenvalue weighted by Gasteiger charge is -2.17. The van der Waals surface area contributed by atoms with E-state index in [2.05, 4.69) is 19.2 Å². The van der Waals surface area contributed by atoms with Gasteiger partial charge in [-0.15, -0.1) is 0 Å². The van der Waals surface area contributed by atoms with E-state index in [0.717, 1.165) is 5.56 Å². The van der Waals surface area contributed by atoms with Gasteiger partial charge in [0.2, 0.25) is 5.91 Å². The number of benzene rings is 1. The van der Waals surface area contributed by atoms with Crippen molar-refractivity contribution >= 4 is 23.2 Å². The summed E-state index contributed by atoms with van der Waals surface area (Å²) in [6.45, 7) is 5.81. The molecule has 0 radical (unpaired) electrons. The molecule has 1 aromatic carbocycles. The van der Waals surface area contributed by atoms with Crippen molar-refractivity contribution in [2.45, 2.75) is 20.4 Å². The van der Waals surface area contributed by atoms with Crippen LogP contribution < -0.4 is 11.1 Å². The highest BCUT2D eigenvalue weighted by molar-refractivity contribution is 6.31. The van der Waals surface area contributed by atoms with E-state index < -0.39 is 0 Å². The Hall–Kier alpha value is -1.26. The fourth-order valence-corrected chi connectivity index (χ4v) is 1.91. The molecular weight excluding hydrogens is 262 g/mol. The third kappa shape index (κ3) is 5.94. The first-order chi connectivity index (χ1) is 8.88. The van der Waals surface area contributed by atoms with Crippen molar-refractivity contribution in [3.8, 4) is 0 Å². The van der Waals surface area contributed by atoms with E-state index in [1.165, 1.54) is 0 Å². The van der Waals surface area contributed by atoms with Crippen molar-refractivity contribution in [1.29, 1.82) is 0 Å². The number of carbonyl (C=O) groups excluding carboxylic acids is 1. The number of hydrogen-bond donors (Lipinski definition) is 2. The second-order valence-corrected chi connectivity index (χ2v) is 5.63. The number of amides is 1. The van der Waals surface area contributed by atoms with E-state index in [0.29, 0.717) is 36.3 Å². The van der Waals surface area contributed by atoms with E-state index in [1.54, 1.807) is 6.07 Å². The van der Waals surface area contributed by atoms with Gasteiger partial charge in [0.05, 0.1) is 6.54 Å². The lowest BCUT2D eigenvalue weighted by atomic mass is 10.2. The minimum absolute atomic E-state index is 0.0303. The summed E-state index contributed by atoms with van der Waals surface area (Å²) in [6.07, 6.45) is 0. The van der Waals surface area contributed by atoms with Crippen molar-refractivity contribution in [1.82, 2.24) is 10.2 Å². The summed E-state index contributed by atoms with van der Waals surface area (Å²) in [5.41, 5.74) is 7.26. The molecule has 0 aliphatic carbocycles. The van der Waals surface area contributed by atoms with Crippen LogP contribution in [-0.4, -0.2) is 30.9 Å². The average molecular weight is 284 g/mol. The minimum atomic E-state index is 0.0303. The average Bonchev–Trinajstić information content (AvgIpc) is 2.30. The summed E-state index contributed by atoms with van der Waals surface area (Å²) in [5.74, 6) is 0.489. The number of hydrogen-bond acceptors (Lipinski definition) is 3. The number of nitrogens with one attached hydrogen (secondary N) is 1. The summed E-state index contributed by atoms with van der Waals surface area (Å²) in [4.78, 5) is 13.6. The van der Waals surface area contributed by atoms with Gasteiger partial charge in [-0.25, -0.2) is 0 Å². The molecule has 0 fully saturated rings. The van der Waals surface area contributed by atoms with Crippen molar-refractivity contribution in [2.24, 2.45) is 5.92 Å². The first-order valence-corrected chi connectivity index (χ1v) is 6.75. The van der Waals surface area contributed by atoms with E-state index in [9.17, 15) is 4.79 Å². The van der Waals surface area contributed by atoms with E-state index >= 15 is 0 Å². The van der Waals surface area contributed by atoms with Crippen LogP contribution in [0.5, 0.6) is 0 Å². The molecule has 0 aliphatic heterocycles. The Labute approximate surface area is 119 Å². The molecule has 4 nitrogen and oxygen atoms in total. The molecule has 1 rings (SSSR count). The molecule has 1 amide bonds. The number of carbonyl (C=O) groups is 1. The van der Waals surface area contributed by atoms with Gasteiger partial charge in [-0.1, -0.05) is 31.5 Å². The minimum Gasteiger partial charge on any atom is -0.399 e. The van der Waals surface area contributed by atoms with Crippen LogP contribution in [0.2, 0.25) is 5.02 Å². The van der Waals surface area contributed by atoms with Crippen molar-refractivity contribution in [2.75, 3.05) is 25.9 Å². The summed E-state index contributed by atoms with van der Waals surface area (Å²) >= 11 is 6.11. The Bertz CT molecular complexity index is 435. The van der Waals surface area contributed by atoms with Gasteiger partial charge < -0.3 is 11.1 Å². The molecule has 106 valence electrons. The van der Waals surface area contributed by atoms with Crippen LogP contribution in [0.4, 0.5) is 5.69 Å². The zero-order valence-electron chi connectivity index (χ0n) is 11.7. The van der Waals surface area contributed by atoms with Crippen LogP contribution in [-0.2, 0) is 11.3 Å². The maximum absolute atomic E-state index is 11.7. The summed E-state index contributed by atoms with van der Waals surface area (Å²) < 4.78 is 0. The van der Waals surface area contributed by atoms with Crippen LogP contribution in [0.1, 0.15) is 19.4 Å². The van der Waals surface area contributed by atoms with Crippen LogP contribution in [0.25, 0.3) is 0 Å². The zero-order chi connectivity index (χ0) is 14.4. The molecule has 0 aliphatic rings. The van der Waals surface area contributed by atoms with Crippen LogP contribution in [0.15, 0.2) is 18.2 Å². The van der Waals surface area contributed by atoms with Gasteiger partial charge in [0, 0.05) is 23.8 Å². The molecule has 3 N–H and O–H groups in total. The molecule has 5 heteroatoms. The SMILES string of the molecule is CC(C)CNC(=O)CN(C)Cc1ccc(N)cc1Cl. The standard InChI is InChI=1S/C14H22ClN3O/c1-10(2)7-17-14(19)9-18(3)8-11-4-5-12(16)6-13(11)15/h4-6,10H,7-9,16H2,1-3H3,(H,17,19). The van der Waals surface area contributed by atoms with E-state index in [4.69, 9.17) is 17.3 Å². The number of halogens is 1. The van der Waals surface area contributed by atoms with Gasteiger partial charge in [0.1, 0.15) is 0 Å². The quantitative estimate of drug-likeness (QED) is 0.787. The number of rotatable bonds is 6. The molecule has 0 saturated heterocycles. The maximum Gasteiger partial charge on any atom is 0.234 e. The fraction of sp³-hybridized carbons (Fsp3) is 0.500. The lowest BCUT2D eigenvalue weighted by Crippen LogP contribution is -2.36. The molecule has 0 saturated carbocycles. The number of likely N-dealkylation sites (N-methyl/N-ethyl adjacent to an activating group) is 1. The van der Waals surface area contributed by atoms with Crippen molar-refractivity contribution in [3.63, 3.8) is 0 Å². The smallest absolute Gasteiger partial charge is 0.234 e. The second-order valence-electron chi connectivity index (χ2n) is 5.22. The van der Waals surface area contributed by atoms with E-state index in [-0.39, 0.29) is 5.91 Å². The van der Waals surface area contributed by atoms with Crippen molar-refractivity contribution in [3.05, 3.63) is 28.8 Å². The molecule has 1 aromatic rings. The first-order valence-electron chi connectivity index (χ1n) is 6.37. The molecule has 0 atom stereocenters. The third-order valence-corrected chi connectivity index (χ3v) is 2.99. The Kier molecular flexibility index (Phi) is 6.12. The van der Waals surface area contributed by atoms with Crippen molar-refractivity contribution < 1.29 is 4.79 Å². The van der Waals surface area contributed by atoms with Gasteiger partial charge in [-0.3, -0.25) is 9.69 Å². The third-order valence-electron chi connectivity index (χ3n) is 2.64. The number of anilines is 1. The number of nitrogens with two attached hydrogens (primary N) is 1. The zero-order valence-corrected chi connectivity index (χ0v) is 12.5. The maximum atomic E-state index is 11.7. The normalized spacial score (nSPS) is 11.1. The van der Waals surface area contributed by atoms with Gasteiger partial charge >= 0.3 is 0 Å². The summed E-state index contributed by atoms with van der Waals surface area (Å²) in [7, 11) is 1.89.